The molecule has 1 amide bonds. The second kappa shape index (κ2) is 6.79. The van der Waals surface area contributed by atoms with Crippen molar-refractivity contribution < 1.29 is 14.3 Å². The van der Waals surface area contributed by atoms with Crippen LogP contribution in [0.1, 0.15) is 27.9 Å². The molecule has 27 heavy (non-hydrogen) atoms. The summed E-state index contributed by atoms with van der Waals surface area (Å²) in [7, 11) is 3.06. The van der Waals surface area contributed by atoms with Crippen LogP contribution in [0.2, 0.25) is 0 Å². The van der Waals surface area contributed by atoms with Crippen molar-refractivity contribution in [1.29, 1.82) is 0 Å². The number of hydrogen-bond donors (Lipinski definition) is 2. The number of ether oxygens (including phenoxy) is 2. The van der Waals surface area contributed by atoms with E-state index in [0.29, 0.717) is 22.7 Å². The molecule has 0 atom stereocenters. The van der Waals surface area contributed by atoms with Crippen molar-refractivity contribution in [2.45, 2.75) is 19.3 Å². The molecule has 6 nitrogen and oxygen atoms in total. The summed E-state index contributed by atoms with van der Waals surface area (Å²) in [6.45, 7) is 0. The molecular weight excluding hydrogens is 344 g/mol. The molecule has 0 spiro atoms. The number of fused-ring (bicyclic) bond motifs is 3. The molecule has 0 fully saturated rings. The largest absolute Gasteiger partial charge is 0.497 e. The number of aromatic amines is 1. The van der Waals surface area contributed by atoms with Crippen molar-refractivity contribution in [2.75, 3.05) is 19.5 Å². The van der Waals surface area contributed by atoms with E-state index in [1.54, 1.807) is 31.4 Å². The number of methoxy groups -OCH3 is 2. The van der Waals surface area contributed by atoms with Crippen LogP contribution in [-0.4, -0.2) is 25.1 Å². The van der Waals surface area contributed by atoms with E-state index in [4.69, 9.17) is 9.47 Å². The number of benzene rings is 2. The summed E-state index contributed by atoms with van der Waals surface area (Å²) >= 11 is 0. The zero-order valence-electron chi connectivity index (χ0n) is 15.2. The number of anilines is 1. The van der Waals surface area contributed by atoms with E-state index in [1.807, 2.05) is 12.1 Å². The highest BCUT2D eigenvalue weighted by molar-refractivity contribution is 6.07. The molecule has 0 saturated carbocycles. The number of H-pyrrole nitrogens is 1. The molecule has 138 valence electrons. The standard InChI is InChI=1S/C21H20N2O4/c1-26-13-7-9-17(19(11-13)27-2)21(25)22-12-6-8-15-14-4-3-5-16(14)20(24)23-18(15)10-12/h6-11H,3-5H2,1-2H3,(H,22,25)(H,23,24). The van der Waals surface area contributed by atoms with Gasteiger partial charge in [-0.25, -0.2) is 0 Å². The number of hydrogen-bond acceptors (Lipinski definition) is 4. The van der Waals surface area contributed by atoms with Gasteiger partial charge < -0.3 is 19.8 Å². The Morgan fingerprint density at radius 2 is 1.85 bits per heavy atom. The molecule has 0 aliphatic heterocycles. The zero-order valence-corrected chi connectivity index (χ0v) is 15.2. The second-order valence-electron chi connectivity index (χ2n) is 6.55. The smallest absolute Gasteiger partial charge is 0.259 e. The predicted octanol–water partition coefficient (Wildman–Crippen LogP) is 3.29. The average Bonchev–Trinajstić information content (AvgIpc) is 3.18. The summed E-state index contributed by atoms with van der Waals surface area (Å²) in [6, 6.07) is 10.6. The Morgan fingerprint density at radius 1 is 1.04 bits per heavy atom. The minimum Gasteiger partial charge on any atom is -0.497 e. The fraction of sp³-hybridized carbons (Fsp3) is 0.238. The Balaban J connectivity index is 1.67. The van der Waals surface area contributed by atoms with Crippen molar-refractivity contribution in [2.24, 2.45) is 0 Å². The van der Waals surface area contributed by atoms with Gasteiger partial charge in [-0.05, 0) is 49.1 Å². The van der Waals surface area contributed by atoms with Crippen molar-refractivity contribution >= 4 is 22.5 Å². The molecule has 1 heterocycles. The Bertz CT molecular complexity index is 1100. The van der Waals surface area contributed by atoms with Crippen molar-refractivity contribution in [3.8, 4) is 11.5 Å². The molecule has 0 radical (unpaired) electrons. The molecule has 0 bridgehead atoms. The lowest BCUT2D eigenvalue weighted by molar-refractivity contribution is 0.102. The minimum atomic E-state index is -0.294. The normalized spacial score (nSPS) is 12.7. The molecular formula is C21H20N2O4. The Kier molecular flexibility index (Phi) is 4.32. The monoisotopic (exact) mass is 364 g/mol. The van der Waals surface area contributed by atoms with E-state index < -0.39 is 0 Å². The van der Waals surface area contributed by atoms with Gasteiger partial charge in [0, 0.05) is 22.7 Å². The molecule has 4 rings (SSSR count). The van der Waals surface area contributed by atoms with Crippen molar-refractivity contribution in [3.63, 3.8) is 0 Å². The van der Waals surface area contributed by atoms with Crippen LogP contribution in [0, 0.1) is 0 Å². The Hall–Kier alpha value is -3.28. The Morgan fingerprint density at radius 3 is 2.63 bits per heavy atom. The van der Waals surface area contributed by atoms with Crippen molar-refractivity contribution in [3.05, 3.63) is 63.4 Å². The minimum absolute atomic E-state index is 0.0321. The van der Waals surface area contributed by atoms with Gasteiger partial charge in [0.2, 0.25) is 0 Å². The van der Waals surface area contributed by atoms with E-state index in [2.05, 4.69) is 10.3 Å². The zero-order chi connectivity index (χ0) is 19.0. The van der Waals surface area contributed by atoms with Gasteiger partial charge in [0.15, 0.2) is 0 Å². The SMILES string of the molecule is COc1ccc(C(=O)Nc2ccc3c4c(c(=O)[nH]c3c2)CCC4)c(OC)c1. The third-order valence-corrected chi connectivity index (χ3v) is 5.00. The van der Waals surface area contributed by atoms with E-state index >= 15 is 0 Å². The van der Waals surface area contributed by atoms with Crippen LogP contribution in [0.3, 0.4) is 0 Å². The lowest BCUT2D eigenvalue weighted by atomic mass is 10.1. The lowest BCUT2D eigenvalue weighted by Gasteiger charge is -2.12. The van der Waals surface area contributed by atoms with Gasteiger partial charge in [-0.15, -0.1) is 0 Å². The van der Waals surface area contributed by atoms with Gasteiger partial charge in [0.25, 0.3) is 11.5 Å². The van der Waals surface area contributed by atoms with Crippen LogP contribution in [0.5, 0.6) is 11.5 Å². The van der Waals surface area contributed by atoms with Crippen LogP contribution >= 0.6 is 0 Å². The molecule has 0 unspecified atom stereocenters. The summed E-state index contributed by atoms with van der Waals surface area (Å²) in [5.41, 5.74) is 3.74. The maximum atomic E-state index is 12.7. The molecule has 1 aliphatic carbocycles. The van der Waals surface area contributed by atoms with Crippen LogP contribution in [0.4, 0.5) is 5.69 Å². The number of aryl methyl sites for hydroxylation is 1. The van der Waals surface area contributed by atoms with E-state index in [-0.39, 0.29) is 11.5 Å². The van der Waals surface area contributed by atoms with Crippen LogP contribution < -0.4 is 20.3 Å². The average molecular weight is 364 g/mol. The molecule has 1 aromatic heterocycles. The number of carbonyl (C=O) groups excluding carboxylic acids is 1. The second-order valence-corrected chi connectivity index (χ2v) is 6.55. The third kappa shape index (κ3) is 3.03. The first-order valence-corrected chi connectivity index (χ1v) is 8.82. The van der Waals surface area contributed by atoms with E-state index in [1.165, 1.54) is 7.11 Å². The highest BCUT2D eigenvalue weighted by Gasteiger charge is 2.18. The first-order chi connectivity index (χ1) is 13.1. The number of rotatable bonds is 4. The number of aromatic nitrogens is 1. The number of nitrogens with one attached hydrogen (secondary N) is 2. The van der Waals surface area contributed by atoms with Gasteiger partial charge in [-0.3, -0.25) is 9.59 Å². The van der Waals surface area contributed by atoms with Crippen molar-refractivity contribution in [1.82, 2.24) is 4.98 Å². The van der Waals surface area contributed by atoms with Gasteiger partial charge in [0.1, 0.15) is 11.5 Å². The molecule has 6 heteroatoms. The van der Waals surface area contributed by atoms with E-state index in [0.717, 1.165) is 41.3 Å². The van der Waals surface area contributed by atoms with Gasteiger partial charge in [-0.1, -0.05) is 6.07 Å². The fourth-order valence-electron chi connectivity index (χ4n) is 3.66. The molecule has 3 aromatic rings. The summed E-state index contributed by atoms with van der Waals surface area (Å²) in [5, 5.41) is 3.91. The molecule has 1 aliphatic rings. The first-order valence-electron chi connectivity index (χ1n) is 8.82. The summed E-state index contributed by atoms with van der Waals surface area (Å²) in [4.78, 5) is 27.9. The Labute approximate surface area is 156 Å². The molecule has 2 aromatic carbocycles. The van der Waals surface area contributed by atoms with Crippen LogP contribution in [0.15, 0.2) is 41.2 Å². The summed E-state index contributed by atoms with van der Waals surface area (Å²) < 4.78 is 10.5. The van der Waals surface area contributed by atoms with Gasteiger partial charge in [0.05, 0.1) is 25.3 Å². The summed E-state index contributed by atoms with van der Waals surface area (Å²) in [5.74, 6) is 0.747. The van der Waals surface area contributed by atoms with Gasteiger partial charge >= 0.3 is 0 Å². The highest BCUT2D eigenvalue weighted by atomic mass is 16.5. The lowest BCUT2D eigenvalue weighted by Crippen LogP contribution is -2.14. The molecule has 2 N–H and O–H groups in total. The summed E-state index contributed by atoms with van der Waals surface area (Å²) in [6.07, 6.45) is 2.76. The fourth-order valence-corrected chi connectivity index (χ4v) is 3.66. The quantitative estimate of drug-likeness (QED) is 0.744. The number of carbonyl (C=O) groups is 1. The maximum absolute atomic E-state index is 12.7. The first kappa shape index (κ1) is 17.1. The number of pyridine rings is 1. The maximum Gasteiger partial charge on any atom is 0.259 e. The van der Waals surface area contributed by atoms with Crippen LogP contribution in [0.25, 0.3) is 10.9 Å². The van der Waals surface area contributed by atoms with E-state index in [9.17, 15) is 9.59 Å². The molecule has 0 saturated heterocycles. The highest BCUT2D eigenvalue weighted by Crippen LogP contribution is 2.29. The van der Waals surface area contributed by atoms with Crippen LogP contribution in [-0.2, 0) is 12.8 Å². The third-order valence-electron chi connectivity index (χ3n) is 5.00. The predicted molar refractivity (Wildman–Crippen MR) is 104 cm³/mol. The van der Waals surface area contributed by atoms with Gasteiger partial charge in [-0.2, -0.15) is 0 Å². The topological polar surface area (TPSA) is 80.4 Å². The number of amides is 1.